The van der Waals surface area contributed by atoms with E-state index in [0.29, 0.717) is 17.3 Å². The van der Waals surface area contributed by atoms with Gasteiger partial charge in [0, 0.05) is 19.3 Å². The summed E-state index contributed by atoms with van der Waals surface area (Å²) < 4.78 is 0. The van der Waals surface area contributed by atoms with Crippen LogP contribution in [-0.2, 0) is 0 Å². The van der Waals surface area contributed by atoms with Crippen LogP contribution in [0.15, 0.2) is 18.3 Å². The van der Waals surface area contributed by atoms with Gasteiger partial charge in [0.2, 0.25) is 0 Å². The lowest BCUT2D eigenvalue weighted by molar-refractivity contribution is 0.0942. The van der Waals surface area contributed by atoms with E-state index in [1.807, 2.05) is 12.1 Å². The zero-order valence-corrected chi connectivity index (χ0v) is 12.8. The highest BCUT2D eigenvalue weighted by molar-refractivity contribution is 5.98. The number of rotatable bonds is 6. The molecule has 3 atom stereocenters. The van der Waals surface area contributed by atoms with Crippen LogP contribution in [0.2, 0.25) is 0 Å². The summed E-state index contributed by atoms with van der Waals surface area (Å²) in [6.07, 6.45) is 8.20. The number of carbonyl (C=O) groups excluding carboxylic acids is 1. The van der Waals surface area contributed by atoms with Crippen LogP contribution < -0.4 is 10.6 Å². The van der Waals surface area contributed by atoms with Crippen LogP contribution in [0.3, 0.4) is 0 Å². The van der Waals surface area contributed by atoms with Gasteiger partial charge in [0.05, 0.1) is 5.56 Å². The van der Waals surface area contributed by atoms with Crippen molar-refractivity contribution in [1.82, 2.24) is 10.3 Å². The maximum atomic E-state index is 12.4. The van der Waals surface area contributed by atoms with Gasteiger partial charge in [0.15, 0.2) is 0 Å². The molecule has 2 aliphatic carbocycles. The van der Waals surface area contributed by atoms with E-state index in [1.54, 1.807) is 6.20 Å². The van der Waals surface area contributed by atoms with Crippen molar-refractivity contribution in [3.63, 3.8) is 0 Å². The molecule has 0 saturated heterocycles. The molecule has 3 rings (SSSR count). The molecule has 0 aliphatic heterocycles. The number of pyridine rings is 1. The first-order valence-corrected chi connectivity index (χ1v) is 8.25. The summed E-state index contributed by atoms with van der Waals surface area (Å²) in [5.74, 6) is 3.17. The number of anilines is 1. The SMILES string of the molecule is CCCNc1ncccc1C(=O)NCC1CC2CCC1C2. The third kappa shape index (κ3) is 3.20. The van der Waals surface area contributed by atoms with E-state index in [0.717, 1.165) is 31.3 Å². The van der Waals surface area contributed by atoms with E-state index < -0.39 is 0 Å². The van der Waals surface area contributed by atoms with Gasteiger partial charge in [0.25, 0.3) is 5.91 Å². The quantitative estimate of drug-likeness (QED) is 0.845. The minimum absolute atomic E-state index is 0.00414. The second-order valence-electron chi connectivity index (χ2n) is 6.47. The van der Waals surface area contributed by atoms with Crippen molar-refractivity contribution in [1.29, 1.82) is 0 Å². The Morgan fingerprint density at radius 2 is 2.29 bits per heavy atom. The molecule has 0 spiro atoms. The smallest absolute Gasteiger partial charge is 0.255 e. The first-order chi connectivity index (χ1) is 10.3. The maximum Gasteiger partial charge on any atom is 0.255 e. The minimum atomic E-state index is 0.00414. The normalized spacial score (nSPS) is 26.8. The molecule has 4 nitrogen and oxygen atoms in total. The summed E-state index contributed by atoms with van der Waals surface area (Å²) in [6, 6.07) is 3.67. The van der Waals surface area contributed by atoms with Crippen molar-refractivity contribution in [3.05, 3.63) is 23.9 Å². The lowest BCUT2D eigenvalue weighted by Gasteiger charge is -2.22. The molecule has 21 heavy (non-hydrogen) atoms. The number of carbonyl (C=O) groups is 1. The second-order valence-corrected chi connectivity index (χ2v) is 6.47. The van der Waals surface area contributed by atoms with Gasteiger partial charge >= 0.3 is 0 Å². The van der Waals surface area contributed by atoms with Crippen LogP contribution in [0.5, 0.6) is 0 Å². The van der Waals surface area contributed by atoms with Gasteiger partial charge in [-0.15, -0.1) is 0 Å². The summed E-state index contributed by atoms with van der Waals surface area (Å²) in [5.41, 5.74) is 0.661. The standard InChI is InChI=1S/C17H25N3O/c1-2-7-18-16-15(4-3-8-19-16)17(21)20-11-14-10-12-5-6-13(14)9-12/h3-4,8,12-14H,2,5-7,9-11H2,1H3,(H,18,19)(H,20,21). The van der Waals surface area contributed by atoms with Crippen LogP contribution in [0.1, 0.15) is 49.4 Å². The van der Waals surface area contributed by atoms with Crippen LogP contribution in [0.4, 0.5) is 5.82 Å². The minimum Gasteiger partial charge on any atom is -0.369 e. The summed E-state index contributed by atoms with van der Waals surface area (Å²) in [5, 5.41) is 6.35. The summed E-state index contributed by atoms with van der Waals surface area (Å²) in [4.78, 5) is 16.7. The Labute approximate surface area is 126 Å². The molecule has 2 saturated carbocycles. The van der Waals surface area contributed by atoms with Crippen LogP contribution >= 0.6 is 0 Å². The Morgan fingerprint density at radius 3 is 3.00 bits per heavy atom. The van der Waals surface area contributed by atoms with Gasteiger partial charge in [-0.2, -0.15) is 0 Å². The number of nitrogens with one attached hydrogen (secondary N) is 2. The molecule has 2 bridgehead atoms. The van der Waals surface area contributed by atoms with E-state index in [1.165, 1.54) is 25.7 Å². The highest BCUT2D eigenvalue weighted by Gasteiger charge is 2.39. The summed E-state index contributed by atoms with van der Waals surface area (Å²) in [6.45, 7) is 3.76. The number of nitrogens with zero attached hydrogens (tertiary/aromatic N) is 1. The van der Waals surface area contributed by atoms with Gasteiger partial charge in [-0.25, -0.2) is 4.98 Å². The van der Waals surface area contributed by atoms with Gasteiger partial charge in [-0.3, -0.25) is 4.79 Å². The number of aromatic nitrogens is 1. The van der Waals surface area contributed by atoms with Crippen molar-refractivity contribution in [2.45, 2.75) is 39.0 Å². The van der Waals surface area contributed by atoms with Crippen LogP contribution in [0, 0.1) is 17.8 Å². The highest BCUT2D eigenvalue weighted by Crippen LogP contribution is 2.47. The van der Waals surface area contributed by atoms with Gasteiger partial charge in [-0.05, 0) is 55.6 Å². The third-order valence-electron chi connectivity index (χ3n) is 5.00. The third-order valence-corrected chi connectivity index (χ3v) is 5.00. The van der Waals surface area contributed by atoms with Crippen molar-refractivity contribution < 1.29 is 4.79 Å². The number of hydrogen-bond acceptors (Lipinski definition) is 3. The molecule has 1 amide bonds. The molecule has 0 radical (unpaired) electrons. The first-order valence-electron chi connectivity index (χ1n) is 8.25. The van der Waals surface area contributed by atoms with Crippen molar-refractivity contribution in [2.24, 2.45) is 17.8 Å². The average Bonchev–Trinajstić information content (AvgIpc) is 3.13. The first kappa shape index (κ1) is 14.4. The fraction of sp³-hybridized carbons (Fsp3) is 0.647. The Bertz CT molecular complexity index is 503. The largest absolute Gasteiger partial charge is 0.369 e. The van der Waals surface area contributed by atoms with Gasteiger partial charge in [0.1, 0.15) is 5.82 Å². The van der Waals surface area contributed by atoms with E-state index in [-0.39, 0.29) is 5.91 Å². The molecule has 0 aromatic carbocycles. The zero-order valence-electron chi connectivity index (χ0n) is 12.8. The molecule has 1 aromatic heterocycles. The molecule has 114 valence electrons. The molecule has 2 N–H and O–H groups in total. The van der Waals surface area contributed by atoms with Crippen molar-refractivity contribution >= 4 is 11.7 Å². The van der Waals surface area contributed by atoms with Gasteiger partial charge in [-0.1, -0.05) is 13.3 Å². The topological polar surface area (TPSA) is 54.0 Å². The summed E-state index contributed by atoms with van der Waals surface area (Å²) in [7, 11) is 0. The maximum absolute atomic E-state index is 12.4. The van der Waals surface area contributed by atoms with E-state index in [4.69, 9.17) is 0 Å². The number of hydrogen-bond donors (Lipinski definition) is 2. The molecule has 2 fully saturated rings. The Morgan fingerprint density at radius 1 is 1.38 bits per heavy atom. The zero-order chi connectivity index (χ0) is 14.7. The fourth-order valence-electron chi connectivity index (χ4n) is 3.92. The van der Waals surface area contributed by atoms with Crippen LogP contribution in [0.25, 0.3) is 0 Å². The van der Waals surface area contributed by atoms with Crippen molar-refractivity contribution in [2.75, 3.05) is 18.4 Å². The molecule has 3 unspecified atom stereocenters. The molecular formula is C17H25N3O. The Balaban J connectivity index is 1.57. The molecule has 2 aliphatic rings. The Kier molecular flexibility index (Phi) is 4.42. The van der Waals surface area contributed by atoms with E-state index in [9.17, 15) is 4.79 Å². The van der Waals surface area contributed by atoms with Crippen molar-refractivity contribution in [3.8, 4) is 0 Å². The predicted molar refractivity (Wildman–Crippen MR) is 84.3 cm³/mol. The van der Waals surface area contributed by atoms with Gasteiger partial charge < -0.3 is 10.6 Å². The summed E-state index contributed by atoms with van der Waals surface area (Å²) >= 11 is 0. The highest BCUT2D eigenvalue weighted by atomic mass is 16.1. The average molecular weight is 287 g/mol. The van der Waals surface area contributed by atoms with Crippen LogP contribution in [-0.4, -0.2) is 24.0 Å². The second kappa shape index (κ2) is 6.46. The molecular weight excluding hydrogens is 262 g/mol. The predicted octanol–water partition coefficient (Wildman–Crippen LogP) is 3.07. The number of amides is 1. The lowest BCUT2D eigenvalue weighted by atomic mass is 9.89. The lowest BCUT2D eigenvalue weighted by Crippen LogP contribution is -2.32. The Hall–Kier alpha value is -1.58. The monoisotopic (exact) mass is 287 g/mol. The molecule has 1 heterocycles. The number of fused-ring (bicyclic) bond motifs is 2. The van der Waals surface area contributed by atoms with E-state index >= 15 is 0 Å². The fourth-order valence-corrected chi connectivity index (χ4v) is 3.92. The molecule has 4 heteroatoms. The molecule has 1 aromatic rings. The van der Waals surface area contributed by atoms with E-state index in [2.05, 4.69) is 22.5 Å².